The fourth-order valence-corrected chi connectivity index (χ4v) is 3.66. The van der Waals surface area contributed by atoms with E-state index in [1.165, 1.54) is 16.7 Å². The molecule has 0 saturated carbocycles. The van der Waals surface area contributed by atoms with Gasteiger partial charge >= 0.3 is 0 Å². The van der Waals surface area contributed by atoms with Crippen LogP contribution in [0.5, 0.6) is 0 Å². The number of amides is 2. The molecule has 2 aromatic carbocycles. The molecule has 2 aromatic rings. The van der Waals surface area contributed by atoms with E-state index < -0.39 is 0 Å². The number of hydrogen-bond acceptors (Lipinski definition) is 4. The Kier molecular flexibility index (Phi) is 7.60. The lowest BCUT2D eigenvalue weighted by Crippen LogP contribution is -2.52. The Morgan fingerprint density at radius 1 is 0.967 bits per heavy atom. The quantitative estimate of drug-likeness (QED) is 0.765. The molecule has 1 fully saturated rings. The van der Waals surface area contributed by atoms with Crippen LogP contribution in [-0.4, -0.2) is 72.8 Å². The largest absolute Gasteiger partial charge is 0.339 e. The summed E-state index contributed by atoms with van der Waals surface area (Å²) in [7, 11) is 1.98. The molecule has 1 aliphatic rings. The molecular formula is C24H32N4O2. The van der Waals surface area contributed by atoms with Crippen LogP contribution < -0.4 is 5.32 Å². The smallest absolute Gasteiger partial charge is 0.238 e. The monoisotopic (exact) mass is 408 g/mol. The van der Waals surface area contributed by atoms with E-state index in [-0.39, 0.29) is 11.8 Å². The summed E-state index contributed by atoms with van der Waals surface area (Å²) >= 11 is 0. The zero-order valence-electron chi connectivity index (χ0n) is 18.2. The molecule has 2 amide bonds. The van der Waals surface area contributed by atoms with Crippen molar-refractivity contribution in [2.75, 3.05) is 51.6 Å². The van der Waals surface area contributed by atoms with Gasteiger partial charge in [-0.2, -0.15) is 0 Å². The third-order valence-corrected chi connectivity index (χ3v) is 5.53. The van der Waals surface area contributed by atoms with Crippen LogP contribution in [0.2, 0.25) is 0 Å². The first-order valence-corrected chi connectivity index (χ1v) is 10.5. The van der Waals surface area contributed by atoms with Gasteiger partial charge in [0.2, 0.25) is 11.8 Å². The second-order valence-electron chi connectivity index (χ2n) is 8.17. The van der Waals surface area contributed by atoms with Gasteiger partial charge in [0, 0.05) is 38.4 Å². The number of carbonyl (C=O) groups excluding carboxylic acids is 2. The van der Waals surface area contributed by atoms with Crippen LogP contribution in [0, 0.1) is 13.8 Å². The highest BCUT2D eigenvalue weighted by Gasteiger charge is 2.23. The fourth-order valence-electron chi connectivity index (χ4n) is 3.66. The number of nitrogens with zero attached hydrogens (tertiary/aromatic N) is 3. The van der Waals surface area contributed by atoms with Crippen molar-refractivity contribution in [1.82, 2.24) is 14.7 Å². The molecule has 0 aliphatic carbocycles. The minimum atomic E-state index is -0.0170. The lowest BCUT2D eigenvalue weighted by Gasteiger charge is -2.35. The summed E-state index contributed by atoms with van der Waals surface area (Å²) < 4.78 is 0. The number of piperazine rings is 1. The van der Waals surface area contributed by atoms with Gasteiger partial charge in [0.1, 0.15) is 0 Å². The van der Waals surface area contributed by atoms with Crippen LogP contribution in [-0.2, 0) is 16.1 Å². The number of carbonyl (C=O) groups is 2. The average molecular weight is 409 g/mol. The van der Waals surface area contributed by atoms with Gasteiger partial charge in [0.05, 0.1) is 13.1 Å². The molecule has 3 rings (SSSR count). The van der Waals surface area contributed by atoms with Gasteiger partial charge < -0.3 is 10.2 Å². The molecule has 0 aromatic heterocycles. The van der Waals surface area contributed by atoms with Gasteiger partial charge in [-0.25, -0.2) is 0 Å². The third kappa shape index (κ3) is 6.40. The van der Waals surface area contributed by atoms with Crippen molar-refractivity contribution >= 4 is 17.5 Å². The zero-order valence-corrected chi connectivity index (χ0v) is 18.2. The molecule has 0 atom stereocenters. The minimum absolute atomic E-state index is 0.0170. The number of aryl methyl sites for hydroxylation is 2. The van der Waals surface area contributed by atoms with Gasteiger partial charge in [-0.3, -0.25) is 19.4 Å². The van der Waals surface area contributed by atoms with Crippen LogP contribution in [0.3, 0.4) is 0 Å². The van der Waals surface area contributed by atoms with Crippen molar-refractivity contribution in [1.29, 1.82) is 0 Å². The lowest BCUT2D eigenvalue weighted by atomic mass is 10.1. The molecular weight excluding hydrogens is 376 g/mol. The first-order valence-electron chi connectivity index (χ1n) is 10.5. The summed E-state index contributed by atoms with van der Waals surface area (Å²) in [6.45, 7) is 8.39. The first-order chi connectivity index (χ1) is 14.4. The van der Waals surface area contributed by atoms with Crippen molar-refractivity contribution in [2.24, 2.45) is 0 Å². The maximum Gasteiger partial charge on any atom is 0.238 e. The Balaban J connectivity index is 1.40. The fraction of sp³-hybridized carbons (Fsp3) is 0.417. The summed E-state index contributed by atoms with van der Waals surface area (Å²) in [5.41, 5.74) is 4.47. The molecule has 0 unspecified atom stereocenters. The average Bonchev–Trinajstić information content (AvgIpc) is 2.72. The van der Waals surface area contributed by atoms with Gasteiger partial charge in [-0.15, -0.1) is 0 Å². The second-order valence-corrected chi connectivity index (χ2v) is 8.17. The molecule has 30 heavy (non-hydrogen) atoms. The van der Waals surface area contributed by atoms with Crippen LogP contribution in [0.4, 0.5) is 5.69 Å². The van der Waals surface area contributed by atoms with E-state index in [2.05, 4.69) is 34.2 Å². The number of rotatable bonds is 7. The third-order valence-electron chi connectivity index (χ3n) is 5.53. The minimum Gasteiger partial charge on any atom is -0.339 e. The Bertz CT molecular complexity index is 858. The predicted molar refractivity (Wildman–Crippen MR) is 120 cm³/mol. The van der Waals surface area contributed by atoms with Crippen LogP contribution in [0.1, 0.15) is 16.7 Å². The highest BCUT2D eigenvalue weighted by atomic mass is 16.2. The Morgan fingerprint density at radius 2 is 1.63 bits per heavy atom. The van der Waals surface area contributed by atoms with E-state index in [9.17, 15) is 9.59 Å². The highest BCUT2D eigenvalue weighted by Crippen LogP contribution is 2.11. The van der Waals surface area contributed by atoms with E-state index in [1.54, 1.807) is 0 Å². The summed E-state index contributed by atoms with van der Waals surface area (Å²) in [6, 6.07) is 16.1. The van der Waals surface area contributed by atoms with Crippen LogP contribution in [0.15, 0.2) is 48.5 Å². The van der Waals surface area contributed by atoms with Gasteiger partial charge in [0.15, 0.2) is 0 Å². The Labute approximate surface area is 179 Å². The first kappa shape index (κ1) is 22.0. The molecule has 1 N–H and O–H groups in total. The summed E-state index contributed by atoms with van der Waals surface area (Å²) in [5, 5.41) is 2.94. The second kappa shape index (κ2) is 10.4. The topological polar surface area (TPSA) is 55.9 Å². The molecule has 1 aliphatic heterocycles. The number of nitrogens with one attached hydrogen (secondary N) is 1. The van der Waals surface area contributed by atoms with E-state index in [0.29, 0.717) is 39.3 Å². The van der Waals surface area contributed by atoms with Crippen molar-refractivity contribution < 1.29 is 9.59 Å². The Hall–Kier alpha value is -2.70. The maximum atomic E-state index is 12.7. The lowest BCUT2D eigenvalue weighted by molar-refractivity contribution is -0.134. The van der Waals surface area contributed by atoms with Crippen molar-refractivity contribution in [3.05, 3.63) is 65.2 Å². The maximum absolute atomic E-state index is 12.7. The molecule has 1 heterocycles. The van der Waals surface area contributed by atoms with E-state index in [4.69, 9.17) is 0 Å². The Morgan fingerprint density at radius 3 is 2.30 bits per heavy atom. The van der Waals surface area contributed by atoms with Crippen molar-refractivity contribution in [3.8, 4) is 0 Å². The molecule has 1 saturated heterocycles. The normalized spacial score (nSPS) is 14.7. The standard InChI is InChI=1S/C24H32N4O2/c1-19-8-10-22(11-9-19)25-23(29)17-27-12-14-28(15-13-27)24(30)18-26(3)16-21-7-5-4-6-20(21)2/h4-11H,12-18H2,1-3H3,(H,25,29). The van der Waals surface area contributed by atoms with Crippen LogP contribution >= 0.6 is 0 Å². The molecule has 6 heteroatoms. The van der Waals surface area contributed by atoms with Crippen molar-refractivity contribution in [3.63, 3.8) is 0 Å². The van der Waals surface area contributed by atoms with Gasteiger partial charge in [-0.05, 0) is 44.2 Å². The zero-order chi connectivity index (χ0) is 21.5. The number of anilines is 1. The predicted octanol–water partition coefficient (Wildman–Crippen LogP) is 2.52. The molecule has 160 valence electrons. The molecule has 0 radical (unpaired) electrons. The number of hydrogen-bond donors (Lipinski definition) is 1. The van der Waals surface area contributed by atoms with E-state index in [0.717, 1.165) is 12.2 Å². The van der Waals surface area contributed by atoms with Crippen molar-refractivity contribution in [2.45, 2.75) is 20.4 Å². The summed E-state index contributed by atoms with van der Waals surface area (Å²) in [4.78, 5) is 31.0. The molecule has 0 bridgehead atoms. The molecule has 6 nitrogen and oxygen atoms in total. The number of likely N-dealkylation sites (N-methyl/N-ethyl adjacent to an activating group) is 1. The number of benzene rings is 2. The van der Waals surface area contributed by atoms with Gasteiger partial charge in [0.25, 0.3) is 0 Å². The van der Waals surface area contributed by atoms with Crippen LogP contribution in [0.25, 0.3) is 0 Å². The van der Waals surface area contributed by atoms with Gasteiger partial charge in [-0.1, -0.05) is 42.0 Å². The summed E-state index contributed by atoms with van der Waals surface area (Å²) in [6.07, 6.45) is 0. The highest BCUT2D eigenvalue weighted by molar-refractivity contribution is 5.92. The van der Waals surface area contributed by atoms with E-state index >= 15 is 0 Å². The summed E-state index contributed by atoms with van der Waals surface area (Å²) in [5.74, 6) is 0.131. The SMILES string of the molecule is Cc1ccc(NC(=O)CN2CCN(C(=O)CN(C)Cc3ccccc3C)CC2)cc1. The van der Waals surface area contributed by atoms with E-state index in [1.807, 2.05) is 55.3 Å². The molecule has 0 spiro atoms.